The summed E-state index contributed by atoms with van der Waals surface area (Å²) < 4.78 is 0. The molecule has 1 N–H and O–H groups in total. The SMILES string of the molecule is CCN(c1ccc(NC(=O)CC(C)(C)C)cc1)C(C)C. The highest BCUT2D eigenvalue weighted by molar-refractivity contribution is 5.91. The molecule has 0 saturated heterocycles. The summed E-state index contributed by atoms with van der Waals surface area (Å²) in [5.74, 6) is 0.0708. The summed E-state index contributed by atoms with van der Waals surface area (Å²) in [5.41, 5.74) is 2.07. The third-order valence-corrected chi connectivity index (χ3v) is 3.14. The van der Waals surface area contributed by atoms with Crippen LogP contribution < -0.4 is 10.2 Å². The van der Waals surface area contributed by atoms with E-state index in [9.17, 15) is 4.79 Å². The molecule has 20 heavy (non-hydrogen) atoms. The lowest BCUT2D eigenvalue weighted by atomic mass is 9.92. The van der Waals surface area contributed by atoms with Crippen LogP contribution in [-0.2, 0) is 4.79 Å². The van der Waals surface area contributed by atoms with Crippen LogP contribution in [-0.4, -0.2) is 18.5 Å². The lowest BCUT2D eigenvalue weighted by Crippen LogP contribution is -2.30. The molecule has 1 aromatic rings. The fourth-order valence-electron chi connectivity index (χ4n) is 2.27. The molecule has 0 aliphatic heterocycles. The first kappa shape index (κ1) is 16.5. The van der Waals surface area contributed by atoms with Gasteiger partial charge < -0.3 is 10.2 Å². The predicted octanol–water partition coefficient (Wildman–Crippen LogP) is 4.30. The monoisotopic (exact) mass is 276 g/mol. The summed E-state index contributed by atoms with van der Waals surface area (Å²) in [5, 5.41) is 2.95. The second-order valence-electron chi connectivity index (χ2n) is 6.71. The van der Waals surface area contributed by atoms with Gasteiger partial charge in [0.25, 0.3) is 0 Å². The number of carbonyl (C=O) groups excluding carboxylic acids is 1. The number of nitrogens with zero attached hydrogens (tertiary/aromatic N) is 1. The van der Waals surface area contributed by atoms with Crippen LogP contribution in [0.15, 0.2) is 24.3 Å². The molecule has 0 unspecified atom stereocenters. The Balaban J connectivity index is 2.70. The Morgan fingerprint density at radius 3 is 2.15 bits per heavy atom. The third-order valence-electron chi connectivity index (χ3n) is 3.14. The van der Waals surface area contributed by atoms with Crippen molar-refractivity contribution in [1.82, 2.24) is 0 Å². The zero-order chi connectivity index (χ0) is 15.3. The summed E-state index contributed by atoms with van der Waals surface area (Å²) in [6, 6.07) is 8.55. The number of anilines is 2. The maximum Gasteiger partial charge on any atom is 0.224 e. The zero-order valence-corrected chi connectivity index (χ0v) is 13.7. The zero-order valence-electron chi connectivity index (χ0n) is 13.7. The lowest BCUT2D eigenvalue weighted by Gasteiger charge is -2.27. The Morgan fingerprint density at radius 2 is 1.75 bits per heavy atom. The van der Waals surface area contributed by atoms with Gasteiger partial charge in [-0.05, 0) is 50.5 Å². The fraction of sp³-hybridized carbons (Fsp3) is 0.588. The van der Waals surface area contributed by atoms with Gasteiger partial charge in [-0.25, -0.2) is 0 Å². The fourth-order valence-corrected chi connectivity index (χ4v) is 2.27. The highest BCUT2D eigenvalue weighted by Gasteiger charge is 2.16. The largest absolute Gasteiger partial charge is 0.369 e. The van der Waals surface area contributed by atoms with Crippen molar-refractivity contribution in [3.8, 4) is 0 Å². The molecule has 0 radical (unpaired) electrons. The van der Waals surface area contributed by atoms with Crippen LogP contribution in [0, 0.1) is 5.41 Å². The van der Waals surface area contributed by atoms with Crippen LogP contribution in [0.2, 0.25) is 0 Å². The van der Waals surface area contributed by atoms with E-state index in [0.717, 1.165) is 12.2 Å². The minimum Gasteiger partial charge on any atom is -0.369 e. The van der Waals surface area contributed by atoms with Gasteiger partial charge in [0.15, 0.2) is 0 Å². The molecule has 0 atom stereocenters. The van der Waals surface area contributed by atoms with Crippen molar-refractivity contribution in [2.75, 3.05) is 16.8 Å². The van der Waals surface area contributed by atoms with Crippen LogP contribution in [0.4, 0.5) is 11.4 Å². The number of amides is 1. The van der Waals surface area contributed by atoms with Crippen LogP contribution >= 0.6 is 0 Å². The first-order valence-corrected chi connectivity index (χ1v) is 7.39. The Morgan fingerprint density at radius 1 is 1.20 bits per heavy atom. The van der Waals surface area contributed by atoms with Crippen molar-refractivity contribution in [3.05, 3.63) is 24.3 Å². The highest BCUT2D eigenvalue weighted by Crippen LogP contribution is 2.22. The number of carbonyl (C=O) groups is 1. The standard InChI is InChI=1S/C17H28N2O/c1-7-19(13(2)3)15-10-8-14(9-11-15)18-16(20)12-17(4,5)6/h8-11,13H,7,12H2,1-6H3,(H,18,20). The normalized spacial score (nSPS) is 11.6. The molecule has 0 aliphatic rings. The number of hydrogen-bond acceptors (Lipinski definition) is 2. The summed E-state index contributed by atoms with van der Waals surface area (Å²) in [7, 11) is 0. The Labute approximate surface area is 123 Å². The first-order chi connectivity index (χ1) is 9.23. The molecule has 1 aromatic carbocycles. The topological polar surface area (TPSA) is 32.3 Å². The molecule has 112 valence electrons. The van der Waals surface area contributed by atoms with Gasteiger partial charge in [-0.1, -0.05) is 20.8 Å². The van der Waals surface area contributed by atoms with E-state index in [1.165, 1.54) is 5.69 Å². The van der Waals surface area contributed by atoms with Crippen molar-refractivity contribution >= 4 is 17.3 Å². The molecule has 0 aromatic heterocycles. The minimum atomic E-state index is 0.0146. The quantitative estimate of drug-likeness (QED) is 0.869. The molecular formula is C17H28N2O. The Bertz CT molecular complexity index is 429. The van der Waals surface area contributed by atoms with E-state index in [2.05, 4.69) is 63.9 Å². The number of hydrogen-bond donors (Lipinski definition) is 1. The molecule has 0 heterocycles. The van der Waals surface area contributed by atoms with Gasteiger partial charge >= 0.3 is 0 Å². The summed E-state index contributed by atoms with van der Waals surface area (Å²) >= 11 is 0. The molecule has 0 fully saturated rings. The molecule has 0 aliphatic carbocycles. The number of nitrogens with one attached hydrogen (secondary N) is 1. The average molecular weight is 276 g/mol. The van der Waals surface area contributed by atoms with E-state index < -0.39 is 0 Å². The third kappa shape index (κ3) is 5.24. The van der Waals surface area contributed by atoms with Gasteiger partial charge in [-0.3, -0.25) is 4.79 Å². The molecule has 3 heteroatoms. The van der Waals surface area contributed by atoms with E-state index in [0.29, 0.717) is 12.5 Å². The Hall–Kier alpha value is -1.51. The second-order valence-corrected chi connectivity index (χ2v) is 6.71. The van der Waals surface area contributed by atoms with Crippen LogP contribution in [0.25, 0.3) is 0 Å². The highest BCUT2D eigenvalue weighted by atomic mass is 16.1. The van der Waals surface area contributed by atoms with Crippen molar-refractivity contribution in [2.45, 2.75) is 54.0 Å². The van der Waals surface area contributed by atoms with Crippen molar-refractivity contribution in [2.24, 2.45) is 5.41 Å². The molecule has 3 nitrogen and oxygen atoms in total. The molecule has 0 spiro atoms. The van der Waals surface area contributed by atoms with E-state index >= 15 is 0 Å². The lowest BCUT2D eigenvalue weighted by molar-refractivity contribution is -0.117. The van der Waals surface area contributed by atoms with E-state index in [-0.39, 0.29) is 11.3 Å². The summed E-state index contributed by atoms with van der Waals surface area (Å²) in [6.07, 6.45) is 0.530. The van der Waals surface area contributed by atoms with Crippen molar-refractivity contribution < 1.29 is 4.79 Å². The smallest absolute Gasteiger partial charge is 0.224 e. The second kappa shape index (κ2) is 6.78. The molecule has 1 rings (SSSR count). The molecule has 0 saturated carbocycles. The maximum atomic E-state index is 11.9. The van der Waals surface area contributed by atoms with Gasteiger partial charge in [0, 0.05) is 30.4 Å². The maximum absolute atomic E-state index is 11.9. The summed E-state index contributed by atoms with van der Waals surface area (Å²) in [6.45, 7) is 13.7. The van der Waals surface area contributed by atoms with Crippen LogP contribution in [0.3, 0.4) is 0 Å². The van der Waals surface area contributed by atoms with Gasteiger partial charge in [-0.15, -0.1) is 0 Å². The van der Waals surface area contributed by atoms with Gasteiger partial charge in [0.05, 0.1) is 0 Å². The minimum absolute atomic E-state index is 0.0146. The van der Waals surface area contributed by atoms with Gasteiger partial charge in [0.1, 0.15) is 0 Å². The molecule has 1 amide bonds. The summed E-state index contributed by atoms with van der Waals surface area (Å²) in [4.78, 5) is 14.2. The van der Waals surface area contributed by atoms with Crippen molar-refractivity contribution in [1.29, 1.82) is 0 Å². The van der Waals surface area contributed by atoms with Crippen LogP contribution in [0.5, 0.6) is 0 Å². The van der Waals surface area contributed by atoms with E-state index in [1.54, 1.807) is 0 Å². The average Bonchev–Trinajstić information content (AvgIpc) is 2.29. The van der Waals surface area contributed by atoms with E-state index in [1.807, 2.05) is 12.1 Å². The number of benzene rings is 1. The van der Waals surface area contributed by atoms with Gasteiger partial charge in [-0.2, -0.15) is 0 Å². The Kier molecular flexibility index (Phi) is 5.61. The van der Waals surface area contributed by atoms with Crippen molar-refractivity contribution in [3.63, 3.8) is 0 Å². The van der Waals surface area contributed by atoms with Crippen LogP contribution in [0.1, 0.15) is 48.0 Å². The van der Waals surface area contributed by atoms with E-state index in [4.69, 9.17) is 0 Å². The predicted molar refractivity (Wildman–Crippen MR) is 87.3 cm³/mol. The first-order valence-electron chi connectivity index (χ1n) is 7.39. The van der Waals surface area contributed by atoms with Gasteiger partial charge in [0.2, 0.25) is 5.91 Å². The molecule has 0 bridgehead atoms. The number of rotatable bonds is 5. The molecular weight excluding hydrogens is 248 g/mol.